The van der Waals surface area contributed by atoms with Gasteiger partial charge in [-0.3, -0.25) is 4.79 Å². The van der Waals surface area contributed by atoms with Crippen LogP contribution < -0.4 is 10.2 Å². The number of hydrogen-bond acceptors (Lipinski definition) is 3. The van der Waals surface area contributed by atoms with Gasteiger partial charge in [0.05, 0.1) is 12.3 Å². The predicted molar refractivity (Wildman–Crippen MR) is 129 cm³/mol. The van der Waals surface area contributed by atoms with Crippen molar-refractivity contribution in [3.63, 3.8) is 0 Å². The first-order valence-electron chi connectivity index (χ1n) is 10.5. The number of nitrogens with two attached hydrogens (primary N) is 1. The normalized spacial score (nSPS) is 12.5. The van der Waals surface area contributed by atoms with Crippen molar-refractivity contribution in [2.45, 2.75) is 33.6 Å². The molecule has 5 heteroatoms. The van der Waals surface area contributed by atoms with Crippen LogP contribution in [0.2, 0.25) is 0 Å². The lowest BCUT2D eigenvalue weighted by Crippen LogP contribution is -2.80. The lowest BCUT2D eigenvalue weighted by molar-refractivity contribution is -0.602. The largest absolute Gasteiger partial charge is 0.375 e. The fourth-order valence-corrected chi connectivity index (χ4v) is 3.25. The first kappa shape index (κ1) is 25.1. The van der Waals surface area contributed by atoms with Crippen LogP contribution in [0.5, 0.6) is 0 Å². The number of amides is 1. The van der Waals surface area contributed by atoms with E-state index < -0.39 is 0 Å². The van der Waals surface area contributed by atoms with E-state index in [1.165, 1.54) is 22.5 Å². The summed E-state index contributed by atoms with van der Waals surface area (Å²) in [6, 6.07) is 8.60. The minimum Gasteiger partial charge on any atom is -0.375 e. The average Bonchev–Trinajstić information content (AvgIpc) is 2.71. The van der Waals surface area contributed by atoms with E-state index in [0.29, 0.717) is 0 Å². The van der Waals surface area contributed by atoms with Crippen LogP contribution in [0.25, 0.3) is 6.08 Å². The van der Waals surface area contributed by atoms with E-state index in [-0.39, 0.29) is 11.7 Å². The first-order chi connectivity index (χ1) is 13.9. The van der Waals surface area contributed by atoms with Crippen molar-refractivity contribution in [3.05, 3.63) is 59.3 Å². The molecule has 29 heavy (non-hydrogen) atoms. The number of benzene rings is 1. The molecule has 0 spiro atoms. The zero-order chi connectivity index (χ0) is 21.6. The molecule has 0 heterocycles. The van der Waals surface area contributed by atoms with Crippen molar-refractivity contribution < 1.29 is 10.1 Å². The van der Waals surface area contributed by atoms with E-state index in [2.05, 4.69) is 99.2 Å². The van der Waals surface area contributed by atoms with E-state index in [9.17, 15) is 4.79 Å². The lowest BCUT2D eigenvalue weighted by atomic mass is 10.1. The van der Waals surface area contributed by atoms with E-state index in [4.69, 9.17) is 0 Å². The van der Waals surface area contributed by atoms with E-state index in [1.54, 1.807) is 4.90 Å². The average molecular weight is 417 g/mol. The van der Waals surface area contributed by atoms with Gasteiger partial charge in [0.1, 0.15) is 5.70 Å². The molecule has 1 aromatic carbocycles. The fraction of sp³-hybridized carbons (Fsp3) is 0.458. The number of anilines is 1. The number of hydrogen-bond donors (Lipinski definition) is 2. The summed E-state index contributed by atoms with van der Waals surface area (Å²) in [4.78, 5) is 15.5. The van der Waals surface area contributed by atoms with Crippen molar-refractivity contribution in [1.29, 1.82) is 0 Å². The fourth-order valence-electron chi connectivity index (χ4n) is 3.01. The Labute approximate surface area is 182 Å². The lowest BCUT2D eigenvalue weighted by Gasteiger charge is -2.22. The molecule has 0 fully saturated rings. The van der Waals surface area contributed by atoms with Gasteiger partial charge in [-0.1, -0.05) is 37.3 Å². The van der Waals surface area contributed by atoms with Crippen molar-refractivity contribution >= 4 is 30.3 Å². The van der Waals surface area contributed by atoms with Crippen LogP contribution in [0.1, 0.15) is 39.2 Å². The number of thiol groups is 1. The van der Waals surface area contributed by atoms with Gasteiger partial charge in [-0.2, -0.15) is 12.6 Å². The molecule has 0 saturated heterocycles. The molecule has 160 valence electrons. The van der Waals surface area contributed by atoms with Crippen molar-refractivity contribution in [1.82, 2.24) is 4.90 Å². The summed E-state index contributed by atoms with van der Waals surface area (Å²) in [5.74, 6) is 0.337. The third-order valence-corrected chi connectivity index (χ3v) is 4.98. The van der Waals surface area contributed by atoms with E-state index in [0.717, 1.165) is 32.5 Å². The molecule has 0 atom stereocenters. The van der Waals surface area contributed by atoms with Crippen molar-refractivity contribution in [3.8, 4) is 0 Å². The number of carbonyl (C=O) groups is 1. The van der Waals surface area contributed by atoms with Gasteiger partial charge in [0, 0.05) is 45.9 Å². The van der Waals surface area contributed by atoms with Gasteiger partial charge in [0.15, 0.2) is 0 Å². The topological polar surface area (TPSA) is 40.2 Å². The Balaban J connectivity index is 2.65. The van der Waals surface area contributed by atoms with Gasteiger partial charge in [-0.15, -0.1) is 0 Å². The molecule has 4 nitrogen and oxygen atoms in total. The molecule has 0 aliphatic carbocycles. The molecule has 0 unspecified atom stereocenters. The van der Waals surface area contributed by atoms with Crippen LogP contribution in [-0.4, -0.2) is 50.3 Å². The number of nitrogens with zero attached hydrogens (tertiary/aromatic N) is 2. The Morgan fingerprint density at radius 1 is 1.14 bits per heavy atom. The zero-order valence-electron chi connectivity index (χ0n) is 18.7. The van der Waals surface area contributed by atoms with Gasteiger partial charge in [0.2, 0.25) is 5.91 Å². The molecule has 1 aromatic rings. The summed E-state index contributed by atoms with van der Waals surface area (Å²) in [6.45, 7) is 9.19. The second kappa shape index (κ2) is 14.1. The minimum absolute atomic E-state index is 0.0706. The van der Waals surface area contributed by atoms with Crippen LogP contribution in [-0.2, 0) is 4.79 Å². The smallest absolute Gasteiger partial charge is 0.232 e. The maximum absolute atomic E-state index is 11.6. The highest BCUT2D eigenvalue weighted by Crippen LogP contribution is 2.16. The third kappa shape index (κ3) is 9.86. The van der Waals surface area contributed by atoms with Gasteiger partial charge in [0.25, 0.3) is 0 Å². The zero-order valence-corrected chi connectivity index (χ0v) is 19.6. The van der Waals surface area contributed by atoms with Crippen LogP contribution in [0.15, 0.2) is 53.8 Å². The van der Waals surface area contributed by atoms with Gasteiger partial charge in [-0.25, -0.2) is 0 Å². The quantitative estimate of drug-likeness (QED) is 0.403. The third-order valence-electron chi connectivity index (χ3n) is 4.71. The summed E-state index contributed by atoms with van der Waals surface area (Å²) in [5.41, 5.74) is 4.92. The monoisotopic (exact) mass is 416 g/mol. The van der Waals surface area contributed by atoms with Crippen LogP contribution in [0.4, 0.5) is 5.69 Å². The summed E-state index contributed by atoms with van der Waals surface area (Å²) >= 11 is 4.04. The van der Waals surface area contributed by atoms with E-state index >= 15 is 0 Å². The highest BCUT2D eigenvalue weighted by molar-refractivity contribution is 7.81. The summed E-state index contributed by atoms with van der Waals surface area (Å²) in [5, 5.41) is 2.24. The second-order valence-electron chi connectivity index (χ2n) is 7.29. The number of allylic oxidation sites excluding steroid dienone is 5. The predicted octanol–water partition coefficient (Wildman–Crippen LogP) is 3.74. The molecule has 0 aliphatic rings. The highest BCUT2D eigenvalue weighted by atomic mass is 32.1. The Morgan fingerprint density at radius 3 is 2.41 bits per heavy atom. The van der Waals surface area contributed by atoms with Crippen molar-refractivity contribution in [2.24, 2.45) is 0 Å². The number of rotatable bonds is 12. The first-order valence-corrected chi connectivity index (χ1v) is 11.1. The van der Waals surface area contributed by atoms with Crippen LogP contribution in [0.3, 0.4) is 0 Å². The van der Waals surface area contributed by atoms with Gasteiger partial charge < -0.3 is 15.1 Å². The Bertz CT molecular complexity index is 707. The van der Waals surface area contributed by atoms with Gasteiger partial charge in [-0.05, 0) is 43.0 Å². The minimum atomic E-state index is 0.0706. The molecular weight excluding hydrogens is 378 g/mol. The molecule has 0 bridgehead atoms. The number of quaternary nitrogens is 1. The highest BCUT2D eigenvalue weighted by Gasteiger charge is 2.06. The molecule has 1 rings (SSSR count). The summed E-state index contributed by atoms with van der Waals surface area (Å²) in [7, 11) is 3.92. The second-order valence-corrected chi connectivity index (χ2v) is 7.60. The van der Waals surface area contributed by atoms with Crippen LogP contribution in [0, 0.1) is 0 Å². The Morgan fingerprint density at radius 2 is 1.83 bits per heavy atom. The molecule has 0 aromatic heterocycles. The van der Waals surface area contributed by atoms with Gasteiger partial charge >= 0.3 is 0 Å². The Kier molecular flexibility index (Phi) is 12.2. The summed E-state index contributed by atoms with van der Waals surface area (Å²) in [6.07, 6.45) is 10.8. The number of carbonyl (C=O) groups excluding carboxylic acids is 1. The Hall–Kier alpha value is -1.98. The van der Waals surface area contributed by atoms with Crippen LogP contribution >= 0.6 is 12.6 Å². The maximum atomic E-state index is 11.6. The molecular formula is C24H38N3OS+. The van der Waals surface area contributed by atoms with Crippen molar-refractivity contribution in [2.75, 3.05) is 44.4 Å². The molecule has 1 amide bonds. The molecule has 0 saturated carbocycles. The maximum Gasteiger partial charge on any atom is 0.232 e. The summed E-state index contributed by atoms with van der Waals surface area (Å²) < 4.78 is 0. The van der Waals surface area contributed by atoms with E-state index in [1.807, 2.05) is 7.05 Å². The molecule has 0 radical (unpaired) electrons. The molecule has 0 aliphatic heterocycles. The molecule has 2 N–H and O–H groups in total. The SMILES string of the molecule is CC/C=C(\C=C(\C)[NH2+]CC)/C=C/c1ccc(N(C)CCCN(C)C(=O)CS)cc1. The standard InChI is InChI=1S/C24H37N3OS/c1-6-9-22(18-20(3)25-7-2)11-10-21-12-14-23(15-13-21)26(4)16-8-17-27(5)24(28)19-29/h9-15,18,25,29H,6-8,16-17,19H2,1-5H3/p+1/b11-10+,20-18-,22-9-.